The molecule has 1 amide bonds. The second-order valence-corrected chi connectivity index (χ2v) is 5.21. The van der Waals surface area contributed by atoms with Gasteiger partial charge in [0.1, 0.15) is 6.54 Å². The maximum absolute atomic E-state index is 12.4. The molecular weight excluding hydrogens is 311 g/mol. The molecule has 0 atom stereocenters. The first-order chi connectivity index (χ1) is 8.37. The number of halogens is 4. The second kappa shape index (κ2) is 4.91. The zero-order valence-electron chi connectivity index (χ0n) is 9.38. The summed E-state index contributed by atoms with van der Waals surface area (Å²) >= 11 is 3.20. The van der Waals surface area contributed by atoms with Crippen molar-refractivity contribution < 1.29 is 18.0 Å². The lowest BCUT2D eigenvalue weighted by atomic mass is 10.2. The molecule has 2 nitrogen and oxygen atoms in total. The Kier molecular flexibility index (Phi) is 3.66. The van der Waals surface area contributed by atoms with Gasteiger partial charge in [0.05, 0.1) is 0 Å². The monoisotopic (exact) mass is 321 g/mol. The van der Waals surface area contributed by atoms with E-state index in [1.807, 2.05) is 0 Å². The number of hydrogen-bond donors (Lipinski definition) is 0. The van der Waals surface area contributed by atoms with Crippen LogP contribution in [0.2, 0.25) is 0 Å². The van der Waals surface area contributed by atoms with Crippen molar-refractivity contribution in [2.24, 2.45) is 0 Å². The van der Waals surface area contributed by atoms with Gasteiger partial charge in [-0.15, -0.1) is 0 Å². The Hall–Kier alpha value is -1.04. The fourth-order valence-electron chi connectivity index (χ4n) is 1.73. The summed E-state index contributed by atoms with van der Waals surface area (Å²) in [6, 6.07) is 6.16. The van der Waals surface area contributed by atoms with Crippen LogP contribution in [0.25, 0.3) is 0 Å². The van der Waals surface area contributed by atoms with E-state index in [0.717, 1.165) is 4.90 Å². The molecule has 18 heavy (non-hydrogen) atoms. The fraction of sp³-hybridized carbons (Fsp3) is 0.417. The minimum Gasteiger partial charge on any atom is -0.327 e. The zero-order chi connectivity index (χ0) is 13.3. The van der Waals surface area contributed by atoms with Crippen molar-refractivity contribution in [1.82, 2.24) is 4.90 Å². The van der Waals surface area contributed by atoms with E-state index in [9.17, 15) is 18.0 Å². The predicted octanol–water partition coefficient (Wildman–Crippen LogP) is 3.62. The molecule has 0 radical (unpaired) electrons. The van der Waals surface area contributed by atoms with E-state index < -0.39 is 18.6 Å². The van der Waals surface area contributed by atoms with E-state index in [-0.39, 0.29) is 11.6 Å². The highest BCUT2D eigenvalue weighted by atomic mass is 79.9. The zero-order valence-corrected chi connectivity index (χ0v) is 11.0. The van der Waals surface area contributed by atoms with Crippen LogP contribution in [0.1, 0.15) is 23.2 Å². The Bertz CT molecular complexity index is 457. The van der Waals surface area contributed by atoms with Crippen LogP contribution in [0, 0.1) is 0 Å². The first kappa shape index (κ1) is 13.4. The molecule has 0 unspecified atom stereocenters. The molecule has 0 aromatic heterocycles. The minimum absolute atomic E-state index is 0.266. The smallest absolute Gasteiger partial charge is 0.327 e. The van der Waals surface area contributed by atoms with Crippen LogP contribution in [0.3, 0.4) is 0 Å². The van der Waals surface area contributed by atoms with E-state index >= 15 is 0 Å². The first-order valence-electron chi connectivity index (χ1n) is 5.50. The fourth-order valence-corrected chi connectivity index (χ4v) is 2.13. The van der Waals surface area contributed by atoms with Gasteiger partial charge in [0.25, 0.3) is 5.91 Å². The molecule has 1 aliphatic carbocycles. The van der Waals surface area contributed by atoms with Crippen molar-refractivity contribution in [3.05, 3.63) is 34.3 Å². The summed E-state index contributed by atoms with van der Waals surface area (Å²) in [5.74, 6) is -0.559. The second-order valence-electron chi connectivity index (χ2n) is 4.29. The van der Waals surface area contributed by atoms with Gasteiger partial charge in [-0.2, -0.15) is 13.2 Å². The standard InChI is InChI=1S/C12H11BrF3NO/c13-9-3-1-2-8(6-9)11(18)17(10-4-5-10)7-12(14,15)16/h1-3,6,10H,4-5,7H2. The van der Waals surface area contributed by atoms with Crippen LogP contribution in [0.5, 0.6) is 0 Å². The van der Waals surface area contributed by atoms with Crippen LogP contribution in [0.15, 0.2) is 28.7 Å². The van der Waals surface area contributed by atoms with Crippen molar-refractivity contribution >= 4 is 21.8 Å². The van der Waals surface area contributed by atoms with E-state index in [2.05, 4.69) is 15.9 Å². The Morgan fingerprint density at radius 3 is 2.56 bits per heavy atom. The van der Waals surface area contributed by atoms with Gasteiger partial charge >= 0.3 is 6.18 Å². The highest BCUT2D eigenvalue weighted by molar-refractivity contribution is 9.10. The van der Waals surface area contributed by atoms with Crippen LogP contribution < -0.4 is 0 Å². The summed E-state index contributed by atoms with van der Waals surface area (Å²) in [6.45, 7) is -1.18. The van der Waals surface area contributed by atoms with Gasteiger partial charge in [0, 0.05) is 16.1 Å². The Morgan fingerprint density at radius 1 is 1.39 bits per heavy atom. The van der Waals surface area contributed by atoms with Crippen molar-refractivity contribution in [2.45, 2.75) is 25.1 Å². The molecule has 0 saturated heterocycles. The quantitative estimate of drug-likeness (QED) is 0.832. The molecule has 0 spiro atoms. The highest BCUT2D eigenvalue weighted by Gasteiger charge is 2.40. The summed E-state index contributed by atoms with van der Waals surface area (Å²) in [7, 11) is 0. The number of hydrogen-bond acceptors (Lipinski definition) is 1. The van der Waals surface area contributed by atoms with Gasteiger partial charge in [-0.3, -0.25) is 4.79 Å². The van der Waals surface area contributed by atoms with E-state index in [1.165, 1.54) is 12.1 Å². The van der Waals surface area contributed by atoms with Crippen molar-refractivity contribution in [3.63, 3.8) is 0 Å². The molecular formula is C12H11BrF3NO. The molecule has 1 saturated carbocycles. The average molecular weight is 322 g/mol. The molecule has 0 aliphatic heterocycles. The molecule has 0 N–H and O–H groups in total. The molecule has 98 valence electrons. The lowest BCUT2D eigenvalue weighted by Crippen LogP contribution is -2.40. The summed E-state index contributed by atoms with van der Waals surface area (Å²) in [4.78, 5) is 13.0. The van der Waals surface area contributed by atoms with Gasteiger partial charge < -0.3 is 4.90 Å². The third-order valence-corrected chi connectivity index (χ3v) is 3.16. The number of carbonyl (C=O) groups excluding carboxylic acids is 1. The number of alkyl halides is 3. The molecule has 1 aliphatic rings. The van der Waals surface area contributed by atoms with Crippen molar-refractivity contribution in [3.8, 4) is 0 Å². The average Bonchev–Trinajstić information content (AvgIpc) is 3.07. The third-order valence-electron chi connectivity index (χ3n) is 2.67. The maximum atomic E-state index is 12.4. The number of amides is 1. The summed E-state index contributed by atoms with van der Waals surface area (Å²) in [5.41, 5.74) is 0.278. The van der Waals surface area contributed by atoms with Gasteiger partial charge in [-0.1, -0.05) is 22.0 Å². The van der Waals surface area contributed by atoms with Crippen molar-refractivity contribution in [1.29, 1.82) is 0 Å². The van der Waals surface area contributed by atoms with Crippen LogP contribution in [0.4, 0.5) is 13.2 Å². The topological polar surface area (TPSA) is 20.3 Å². The van der Waals surface area contributed by atoms with E-state index in [1.54, 1.807) is 12.1 Å². The molecule has 1 fully saturated rings. The van der Waals surface area contributed by atoms with Crippen LogP contribution in [-0.4, -0.2) is 29.6 Å². The lowest BCUT2D eigenvalue weighted by molar-refractivity contribution is -0.141. The van der Waals surface area contributed by atoms with Gasteiger partial charge in [0.15, 0.2) is 0 Å². The summed E-state index contributed by atoms with van der Waals surface area (Å²) < 4.78 is 38.0. The SMILES string of the molecule is O=C(c1cccc(Br)c1)N(CC(F)(F)F)C1CC1. The number of carbonyl (C=O) groups is 1. The van der Waals surface area contributed by atoms with Crippen molar-refractivity contribution in [2.75, 3.05) is 6.54 Å². The predicted molar refractivity (Wildman–Crippen MR) is 64.3 cm³/mol. The maximum Gasteiger partial charge on any atom is 0.406 e. The third kappa shape index (κ3) is 3.48. The van der Waals surface area contributed by atoms with E-state index in [0.29, 0.717) is 17.3 Å². The van der Waals surface area contributed by atoms with E-state index in [4.69, 9.17) is 0 Å². The Balaban J connectivity index is 2.18. The van der Waals surface area contributed by atoms with Crippen LogP contribution in [-0.2, 0) is 0 Å². The Morgan fingerprint density at radius 2 is 2.06 bits per heavy atom. The van der Waals surface area contributed by atoms with Gasteiger partial charge in [-0.05, 0) is 31.0 Å². The molecule has 1 aromatic carbocycles. The Labute approximate surface area is 111 Å². The summed E-state index contributed by atoms with van der Waals surface area (Å²) in [6.07, 6.45) is -3.06. The highest BCUT2D eigenvalue weighted by Crippen LogP contribution is 2.31. The lowest BCUT2D eigenvalue weighted by Gasteiger charge is -2.23. The molecule has 6 heteroatoms. The number of benzene rings is 1. The number of rotatable bonds is 3. The molecule has 0 heterocycles. The first-order valence-corrected chi connectivity index (χ1v) is 6.29. The largest absolute Gasteiger partial charge is 0.406 e. The summed E-state index contributed by atoms with van der Waals surface area (Å²) in [5, 5.41) is 0. The van der Waals surface area contributed by atoms with Gasteiger partial charge in [-0.25, -0.2) is 0 Å². The number of nitrogens with zero attached hydrogens (tertiary/aromatic N) is 1. The molecule has 1 aromatic rings. The van der Waals surface area contributed by atoms with Gasteiger partial charge in [0.2, 0.25) is 0 Å². The van der Waals surface area contributed by atoms with Crippen LogP contribution >= 0.6 is 15.9 Å². The minimum atomic E-state index is -4.36. The molecule has 2 rings (SSSR count). The normalized spacial score (nSPS) is 15.6. The molecule has 0 bridgehead atoms.